The number of carbonyl (C=O) groups excluding carboxylic acids is 1. The molecule has 1 aromatic carbocycles. The summed E-state index contributed by atoms with van der Waals surface area (Å²) in [4.78, 5) is 12.2. The van der Waals surface area contributed by atoms with Crippen LogP contribution in [0.4, 0.5) is 0 Å². The molecular formula is C15H23NO2. The minimum atomic E-state index is -0.689. The predicted octanol–water partition coefficient (Wildman–Crippen LogP) is 2.64. The van der Waals surface area contributed by atoms with Crippen LogP contribution >= 0.6 is 0 Å². The van der Waals surface area contributed by atoms with E-state index in [0.29, 0.717) is 0 Å². The van der Waals surface area contributed by atoms with Crippen molar-refractivity contribution in [1.82, 2.24) is 0 Å². The van der Waals surface area contributed by atoms with Crippen LogP contribution in [-0.4, -0.2) is 19.6 Å². The van der Waals surface area contributed by atoms with Gasteiger partial charge in [0.2, 0.25) is 0 Å². The van der Waals surface area contributed by atoms with Crippen molar-refractivity contribution in [2.75, 3.05) is 13.7 Å². The third-order valence-electron chi connectivity index (χ3n) is 3.46. The number of carbonyl (C=O) groups is 1. The van der Waals surface area contributed by atoms with E-state index >= 15 is 0 Å². The molecule has 100 valence electrons. The highest BCUT2D eigenvalue weighted by atomic mass is 16.5. The van der Waals surface area contributed by atoms with Gasteiger partial charge in [0.25, 0.3) is 0 Å². The third kappa shape index (κ3) is 3.10. The summed E-state index contributed by atoms with van der Waals surface area (Å²) in [6, 6.07) is 9.71. The van der Waals surface area contributed by atoms with Gasteiger partial charge >= 0.3 is 5.97 Å². The number of hydrogen-bond acceptors (Lipinski definition) is 3. The summed E-state index contributed by atoms with van der Waals surface area (Å²) >= 11 is 0. The largest absolute Gasteiger partial charge is 0.468 e. The van der Waals surface area contributed by atoms with Crippen molar-refractivity contribution in [3.8, 4) is 0 Å². The van der Waals surface area contributed by atoms with Gasteiger partial charge in [-0.25, -0.2) is 0 Å². The lowest BCUT2D eigenvalue weighted by molar-refractivity contribution is -0.147. The molecule has 0 saturated carbocycles. The maximum Gasteiger partial charge on any atom is 0.317 e. The minimum Gasteiger partial charge on any atom is -0.468 e. The minimum absolute atomic E-state index is 0.229. The lowest BCUT2D eigenvalue weighted by Crippen LogP contribution is -2.43. The van der Waals surface area contributed by atoms with E-state index in [2.05, 4.69) is 6.92 Å². The number of nitrogens with two attached hydrogens (primary N) is 1. The van der Waals surface area contributed by atoms with Gasteiger partial charge in [-0.3, -0.25) is 4.79 Å². The molecule has 0 aliphatic carbocycles. The number of rotatable bonds is 7. The summed E-state index contributed by atoms with van der Waals surface area (Å²) in [5.74, 6) is -0.229. The van der Waals surface area contributed by atoms with E-state index in [1.807, 2.05) is 30.3 Å². The molecule has 1 aromatic rings. The maximum atomic E-state index is 12.2. The molecular weight excluding hydrogens is 226 g/mol. The molecule has 1 unspecified atom stereocenters. The first kappa shape index (κ1) is 14.7. The molecule has 0 aliphatic rings. The van der Waals surface area contributed by atoms with E-state index in [-0.39, 0.29) is 12.5 Å². The highest BCUT2D eigenvalue weighted by molar-refractivity contribution is 5.83. The van der Waals surface area contributed by atoms with E-state index in [4.69, 9.17) is 10.5 Å². The molecule has 0 aliphatic heterocycles. The molecule has 0 amide bonds. The highest BCUT2D eigenvalue weighted by Crippen LogP contribution is 2.30. The smallest absolute Gasteiger partial charge is 0.317 e. The third-order valence-corrected chi connectivity index (χ3v) is 3.46. The maximum absolute atomic E-state index is 12.2. The first-order valence-electron chi connectivity index (χ1n) is 6.55. The second-order valence-corrected chi connectivity index (χ2v) is 4.60. The lowest BCUT2D eigenvalue weighted by Gasteiger charge is -2.30. The van der Waals surface area contributed by atoms with Gasteiger partial charge in [0.1, 0.15) is 5.41 Å². The van der Waals surface area contributed by atoms with Crippen LogP contribution in [0.2, 0.25) is 0 Å². The standard InChI is InChI=1S/C15H23NO2/c1-3-4-8-11-15(12-16,14(17)18-2)13-9-6-5-7-10-13/h5-7,9-10H,3-4,8,11-12,16H2,1-2H3. The van der Waals surface area contributed by atoms with Gasteiger partial charge < -0.3 is 10.5 Å². The number of esters is 1. The van der Waals surface area contributed by atoms with Crippen LogP contribution < -0.4 is 5.73 Å². The fourth-order valence-electron chi connectivity index (χ4n) is 2.30. The Morgan fingerprint density at radius 3 is 2.44 bits per heavy atom. The molecule has 3 heteroatoms. The van der Waals surface area contributed by atoms with Crippen molar-refractivity contribution in [3.63, 3.8) is 0 Å². The topological polar surface area (TPSA) is 52.3 Å². The first-order chi connectivity index (χ1) is 8.71. The number of methoxy groups -OCH3 is 1. The van der Waals surface area contributed by atoms with Gasteiger partial charge in [-0.15, -0.1) is 0 Å². The van der Waals surface area contributed by atoms with E-state index in [0.717, 1.165) is 31.2 Å². The summed E-state index contributed by atoms with van der Waals surface area (Å²) in [5, 5.41) is 0. The Kier molecular flexibility index (Phi) is 5.86. The monoisotopic (exact) mass is 249 g/mol. The Morgan fingerprint density at radius 1 is 1.28 bits per heavy atom. The molecule has 18 heavy (non-hydrogen) atoms. The Hall–Kier alpha value is -1.35. The normalized spacial score (nSPS) is 13.9. The molecule has 0 spiro atoms. The van der Waals surface area contributed by atoms with Crippen LogP contribution in [0.5, 0.6) is 0 Å². The summed E-state index contributed by atoms with van der Waals surface area (Å²) < 4.78 is 4.97. The Balaban J connectivity index is 3.02. The molecule has 0 radical (unpaired) electrons. The van der Waals surface area contributed by atoms with Gasteiger partial charge in [-0.05, 0) is 12.0 Å². The Bertz CT molecular complexity index is 364. The second-order valence-electron chi connectivity index (χ2n) is 4.60. The fraction of sp³-hybridized carbons (Fsp3) is 0.533. The van der Waals surface area contributed by atoms with Crippen LogP contribution in [0.1, 0.15) is 38.2 Å². The van der Waals surface area contributed by atoms with Crippen LogP contribution in [0.15, 0.2) is 30.3 Å². The van der Waals surface area contributed by atoms with Gasteiger partial charge in [-0.1, -0.05) is 56.5 Å². The SMILES string of the molecule is CCCCCC(CN)(C(=O)OC)c1ccccc1. The van der Waals surface area contributed by atoms with E-state index in [9.17, 15) is 4.79 Å². The second kappa shape index (κ2) is 7.17. The van der Waals surface area contributed by atoms with E-state index in [1.54, 1.807) is 0 Å². The quantitative estimate of drug-likeness (QED) is 0.597. The predicted molar refractivity (Wildman–Crippen MR) is 73.3 cm³/mol. The van der Waals surface area contributed by atoms with Crippen molar-refractivity contribution in [2.24, 2.45) is 5.73 Å². The number of hydrogen-bond donors (Lipinski definition) is 1. The Morgan fingerprint density at radius 2 is 1.94 bits per heavy atom. The molecule has 0 bridgehead atoms. The van der Waals surface area contributed by atoms with Gasteiger partial charge in [0.15, 0.2) is 0 Å². The first-order valence-corrected chi connectivity index (χ1v) is 6.55. The van der Waals surface area contributed by atoms with Gasteiger partial charge in [0.05, 0.1) is 7.11 Å². The zero-order chi connectivity index (χ0) is 13.4. The number of ether oxygens (including phenoxy) is 1. The van der Waals surface area contributed by atoms with E-state index in [1.165, 1.54) is 7.11 Å². The molecule has 0 aromatic heterocycles. The zero-order valence-electron chi connectivity index (χ0n) is 11.3. The molecule has 0 heterocycles. The Labute approximate surface area is 109 Å². The molecule has 3 nitrogen and oxygen atoms in total. The summed E-state index contributed by atoms with van der Waals surface area (Å²) in [6.07, 6.45) is 3.95. The van der Waals surface area contributed by atoms with Crippen LogP contribution in [0.25, 0.3) is 0 Å². The van der Waals surface area contributed by atoms with Crippen molar-refractivity contribution < 1.29 is 9.53 Å². The molecule has 2 N–H and O–H groups in total. The molecule has 0 saturated heterocycles. The van der Waals surface area contributed by atoms with Crippen LogP contribution in [0, 0.1) is 0 Å². The number of benzene rings is 1. The lowest BCUT2D eigenvalue weighted by atomic mass is 9.76. The summed E-state index contributed by atoms with van der Waals surface area (Å²) in [5.41, 5.74) is 6.16. The highest BCUT2D eigenvalue weighted by Gasteiger charge is 2.39. The summed E-state index contributed by atoms with van der Waals surface area (Å²) in [6.45, 7) is 2.43. The average Bonchev–Trinajstić information content (AvgIpc) is 2.44. The molecule has 1 atom stereocenters. The van der Waals surface area contributed by atoms with Gasteiger partial charge in [-0.2, -0.15) is 0 Å². The zero-order valence-corrected chi connectivity index (χ0v) is 11.3. The number of unbranched alkanes of at least 4 members (excludes halogenated alkanes) is 2. The summed E-state index contributed by atoms with van der Waals surface area (Å²) in [7, 11) is 1.43. The fourth-order valence-corrected chi connectivity index (χ4v) is 2.30. The average molecular weight is 249 g/mol. The van der Waals surface area contributed by atoms with Crippen molar-refractivity contribution in [3.05, 3.63) is 35.9 Å². The van der Waals surface area contributed by atoms with Crippen molar-refractivity contribution in [1.29, 1.82) is 0 Å². The van der Waals surface area contributed by atoms with E-state index < -0.39 is 5.41 Å². The van der Waals surface area contributed by atoms with Crippen molar-refractivity contribution in [2.45, 2.75) is 38.0 Å². The van der Waals surface area contributed by atoms with Gasteiger partial charge in [0, 0.05) is 6.54 Å². The molecule has 0 fully saturated rings. The molecule has 1 rings (SSSR count). The van der Waals surface area contributed by atoms with Crippen LogP contribution in [0.3, 0.4) is 0 Å². The van der Waals surface area contributed by atoms with Crippen LogP contribution in [-0.2, 0) is 14.9 Å². The van der Waals surface area contributed by atoms with Crippen molar-refractivity contribution >= 4 is 5.97 Å².